The van der Waals surface area contributed by atoms with Crippen molar-refractivity contribution < 1.29 is 19.4 Å². The number of ether oxygens (including phenoxy) is 2. The minimum atomic E-state index is -1.47. The van der Waals surface area contributed by atoms with Crippen molar-refractivity contribution in [3.8, 4) is 11.5 Å². The largest absolute Gasteiger partial charge is 0.444 e. The van der Waals surface area contributed by atoms with Crippen LogP contribution in [0.15, 0.2) is 0 Å². The lowest BCUT2D eigenvalue weighted by molar-refractivity contribution is -0.0675. The Bertz CT molecular complexity index is 493. The summed E-state index contributed by atoms with van der Waals surface area (Å²) >= 11 is 0. The molecule has 5 nitrogen and oxygen atoms in total. The van der Waals surface area contributed by atoms with Gasteiger partial charge in [-0.2, -0.15) is 0 Å². The average Bonchev–Trinajstić information content (AvgIpc) is 2.60. The van der Waals surface area contributed by atoms with Crippen molar-refractivity contribution in [3.63, 3.8) is 0 Å². The van der Waals surface area contributed by atoms with E-state index >= 15 is 0 Å². The Morgan fingerprint density at radius 3 is 2.48 bits per heavy atom. The van der Waals surface area contributed by atoms with E-state index in [9.17, 15) is 9.90 Å². The first-order valence-corrected chi connectivity index (χ1v) is 11.6. The molecule has 0 aromatic carbocycles. The Kier molecular flexibility index (Phi) is 5.95. The van der Waals surface area contributed by atoms with Crippen LogP contribution >= 0.6 is 0 Å². The number of aliphatic hydroxyl groups excluding tert-OH is 1. The normalized spacial score (nSPS) is 22.3. The van der Waals surface area contributed by atoms with E-state index < -0.39 is 37.6 Å². The lowest BCUT2D eigenvalue weighted by Gasteiger charge is -2.36. The number of rotatable bonds is 2. The van der Waals surface area contributed by atoms with Crippen LogP contribution in [-0.2, 0) is 9.47 Å². The van der Waals surface area contributed by atoms with E-state index in [1.165, 1.54) is 4.90 Å². The third kappa shape index (κ3) is 6.17. The minimum absolute atomic E-state index is 0.280. The summed E-state index contributed by atoms with van der Waals surface area (Å²) in [5.74, 6) is 3.06. The van der Waals surface area contributed by atoms with Crippen LogP contribution in [0.25, 0.3) is 0 Å². The highest BCUT2D eigenvalue weighted by Crippen LogP contribution is 2.31. The van der Waals surface area contributed by atoms with Crippen LogP contribution in [0.3, 0.4) is 0 Å². The highest BCUT2D eigenvalue weighted by molar-refractivity contribution is 6.83. The van der Waals surface area contributed by atoms with Gasteiger partial charge in [-0.3, -0.25) is 4.90 Å². The summed E-state index contributed by atoms with van der Waals surface area (Å²) in [4.78, 5) is 14.0. The molecule has 6 heteroatoms. The molecule has 1 aliphatic rings. The lowest BCUT2D eigenvalue weighted by Crippen LogP contribution is -2.53. The summed E-state index contributed by atoms with van der Waals surface area (Å²) < 4.78 is 11.2. The number of nitrogens with zero attached hydrogens (tertiary/aromatic N) is 1. The average molecular weight is 342 g/mol. The molecule has 0 saturated carbocycles. The zero-order chi connectivity index (χ0) is 18.1. The van der Waals surface area contributed by atoms with Gasteiger partial charge in [-0.1, -0.05) is 19.6 Å². The number of hydrogen-bond acceptors (Lipinski definition) is 4. The van der Waals surface area contributed by atoms with Gasteiger partial charge in [0.05, 0.1) is 18.8 Å². The second-order valence-corrected chi connectivity index (χ2v) is 13.2. The van der Waals surface area contributed by atoms with Gasteiger partial charge in [0.15, 0.2) is 0 Å². The number of aliphatic hydroxyl groups is 1. The summed E-state index contributed by atoms with van der Waals surface area (Å²) in [5, 5.41) is 10.5. The van der Waals surface area contributed by atoms with E-state index in [4.69, 9.17) is 9.47 Å². The maximum atomic E-state index is 12.5. The fourth-order valence-electron chi connectivity index (χ4n) is 2.34. The summed E-state index contributed by atoms with van der Waals surface area (Å²) in [5.41, 5.74) is 1.83. The van der Waals surface area contributed by atoms with Crippen LogP contribution in [0.5, 0.6) is 0 Å². The number of amides is 1. The molecule has 1 N–H and O–H groups in total. The first kappa shape index (κ1) is 20.0. The van der Waals surface area contributed by atoms with Gasteiger partial charge in [-0.05, 0) is 34.6 Å². The quantitative estimate of drug-likeness (QED) is 0.620. The number of carbonyl (C=O) groups is 1. The molecule has 0 aliphatic carbocycles. The summed E-state index contributed by atoms with van der Waals surface area (Å²) in [6.07, 6.45) is -0.899. The van der Waals surface area contributed by atoms with E-state index in [2.05, 4.69) is 31.1 Å². The molecule has 1 rings (SSSR count). The second kappa shape index (κ2) is 6.84. The fourth-order valence-corrected chi connectivity index (χ4v) is 2.97. The third-order valence-corrected chi connectivity index (χ3v) is 4.25. The molecule has 0 aromatic rings. The molecular weight excluding hydrogens is 310 g/mol. The third-order valence-electron chi connectivity index (χ3n) is 3.33. The van der Waals surface area contributed by atoms with Crippen molar-refractivity contribution in [2.45, 2.75) is 84.2 Å². The molecule has 1 aliphatic heterocycles. The smallest absolute Gasteiger partial charge is 0.412 e. The van der Waals surface area contributed by atoms with E-state index in [1.807, 2.05) is 20.8 Å². The first-order valence-electron chi connectivity index (χ1n) is 8.07. The van der Waals surface area contributed by atoms with Gasteiger partial charge in [-0.15, -0.1) is 11.5 Å². The van der Waals surface area contributed by atoms with Crippen molar-refractivity contribution in [2.75, 3.05) is 6.61 Å². The zero-order valence-electron chi connectivity index (χ0n) is 15.7. The molecule has 0 bridgehead atoms. The summed E-state index contributed by atoms with van der Waals surface area (Å²) in [6, 6.07) is -0.448. The summed E-state index contributed by atoms with van der Waals surface area (Å²) in [7, 11) is -1.47. The molecule has 0 unspecified atom stereocenters. The Hall–Kier alpha value is -1.03. The van der Waals surface area contributed by atoms with Crippen molar-refractivity contribution in [2.24, 2.45) is 0 Å². The van der Waals surface area contributed by atoms with Gasteiger partial charge in [0.25, 0.3) is 0 Å². The Morgan fingerprint density at radius 1 is 1.43 bits per heavy atom. The molecule has 1 heterocycles. The first-order chi connectivity index (χ1) is 10.2. The molecule has 132 valence electrons. The molecule has 23 heavy (non-hydrogen) atoms. The van der Waals surface area contributed by atoms with Crippen molar-refractivity contribution in [1.82, 2.24) is 4.90 Å². The zero-order valence-corrected chi connectivity index (χ0v) is 16.7. The van der Waals surface area contributed by atoms with Crippen LogP contribution in [0.2, 0.25) is 19.6 Å². The maximum absolute atomic E-state index is 12.5. The predicted molar refractivity (Wildman–Crippen MR) is 93.6 cm³/mol. The Morgan fingerprint density at radius 2 is 2.00 bits per heavy atom. The van der Waals surface area contributed by atoms with Crippen molar-refractivity contribution in [3.05, 3.63) is 0 Å². The van der Waals surface area contributed by atoms with Crippen LogP contribution in [0, 0.1) is 11.5 Å². The molecule has 1 saturated heterocycles. The van der Waals surface area contributed by atoms with E-state index in [-0.39, 0.29) is 6.61 Å². The van der Waals surface area contributed by atoms with E-state index in [0.29, 0.717) is 6.42 Å². The highest BCUT2D eigenvalue weighted by atomic mass is 28.3. The molecule has 0 aromatic heterocycles. The molecule has 2 atom stereocenters. The lowest BCUT2D eigenvalue weighted by atomic mass is 10.1. The predicted octanol–water partition coefficient (Wildman–Crippen LogP) is 2.99. The van der Waals surface area contributed by atoms with Gasteiger partial charge < -0.3 is 14.6 Å². The second-order valence-electron chi connectivity index (χ2n) is 8.50. The molecule has 1 amide bonds. The standard InChI is InChI=1S/C17H31NO4Si/c1-16(2,3)22-15(20)18-13(12-21-17(18,4)5)14(19)10-9-11-23(6,7)8/h13-14,19H,10,12H2,1-8H3/t13-,14+/m1/s1. The Labute approximate surface area is 141 Å². The van der Waals surface area contributed by atoms with Crippen molar-refractivity contribution >= 4 is 14.2 Å². The van der Waals surface area contributed by atoms with Gasteiger partial charge in [0.2, 0.25) is 0 Å². The topological polar surface area (TPSA) is 59.0 Å². The molecule has 1 fully saturated rings. The van der Waals surface area contributed by atoms with Crippen molar-refractivity contribution in [1.29, 1.82) is 0 Å². The summed E-state index contributed by atoms with van der Waals surface area (Å²) in [6.45, 7) is 15.8. The molecule has 0 radical (unpaired) electrons. The van der Waals surface area contributed by atoms with Crippen LogP contribution in [0.4, 0.5) is 4.79 Å². The SMILES string of the molecule is CC(C)(C)OC(=O)N1[C@@H]([C@@H](O)CC#C[Si](C)(C)C)COC1(C)C. The fraction of sp³-hybridized carbons (Fsp3) is 0.824. The number of hydrogen-bond donors (Lipinski definition) is 1. The van der Waals surface area contributed by atoms with Gasteiger partial charge >= 0.3 is 6.09 Å². The van der Waals surface area contributed by atoms with Crippen LogP contribution in [0.1, 0.15) is 41.0 Å². The van der Waals surface area contributed by atoms with Gasteiger partial charge in [0.1, 0.15) is 19.4 Å². The molecule has 0 spiro atoms. The number of carbonyl (C=O) groups excluding carboxylic acids is 1. The maximum Gasteiger partial charge on any atom is 0.412 e. The minimum Gasteiger partial charge on any atom is -0.444 e. The monoisotopic (exact) mass is 341 g/mol. The highest BCUT2D eigenvalue weighted by Gasteiger charge is 2.48. The van der Waals surface area contributed by atoms with Crippen LogP contribution < -0.4 is 0 Å². The Balaban J connectivity index is 2.87. The van der Waals surface area contributed by atoms with Gasteiger partial charge in [-0.25, -0.2) is 4.79 Å². The van der Waals surface area contributed by atoms with E-state index in [0.717, 1.165) is 0 Å². The molecular formula is C17H31NO4Si. The van der Waals surface area contributed by atoms with Gasteiger partial charge in [0, 0.05) is 6.42 Å². The van der Waals surface area contributed by atoms with E-state index in [1.54, 1.807) is 13.8 Å². The van der Waals surface area contributed by atoms with Crippen LogP contribution in [-0.4, -0.2) is 54.3 Å².